The van der Waals surface area contributed by atoms with Crippen LogP contribution in [0.5, 0.6) is 0 Å². The van der Waals surface area contributed by atoms with Crippen molar-refractivity contribution in [2.75, 3.05) is 25.0 Å². The fourth-order valence-corrected chi connectivity index (χ4v) is 4.07. The molecule has 5 nitrogen and oxygen atoms in total. The second-order valence-corrected chi connectivity index (χ2v) is 7.25. The van der Waals surface area contributed by atoms with E-state index in [4.69, 9.17) is 5.73 Å². The fourth-order valence-electron chi connectivity index (χ4n) is 4.07. The first kappa shape index (κ1) is 19.4. The number of nitrogens with two attached hydrogens (primary N) is 1. The molecule has 3 fully saturated rings. The molecule has 3 aliphatic heterocycles. The highest BCUT2D eigenvalue weighted by molar-refractivity contribution is 5.94. The lowest BCUT2D eigenvalue weighted by Gasteiger charge is -2.43. The number of hydrogen-bond donors (Lipinski definition) is 2. The summed E-state index contributed by atoms with van der Waals surface area (Å²) in [6, 6.07) is 15.0. The van der Waals surface area contributed by atoms with Crippen LogP contribution in [0.15, 0.2) is 48.5 Å². The Hall–Kier alpha value is -2.37. The van der Waals surface area contributed by atoms with Gasteiger partial charge in [-0.3, -0.25) is 9.59 Å². The van der Waals surface area contributed by atoms with Crippen LogP contribution in [0.4, 0.5) is 5.69 Å². The zero-order chi connectivity index (χ0) is 18.1. The summed E-state index contributed by atoms with van der Waals surface area (Å²) in [7, 11) is 0. The summed E-state index contributed by atoms with van der Waals surface area (Å²) in [6.07, 6.45) is 2.27. The number of hydrogen-bond acceptors (Lipinski definition) is 3. The van der Waals surface area contributed by atoms with E-state index in [9.17, 15) is 9.59 Å². The molecule has 2 amide bonds. The third-order valence-corrected chi connectivity index (χ3v) is 5.65. The van der Waals surface area contributed by atoms with Crippen LogP contribution in [0.1, 0.15) is 23.2 Å². The molecule has 3 N–H and O–H groups in total. The number of carbonyl (C=O) groups is 2. The number of nitrogens with zero attached hydrogens (tertiary/aromatic N) is 1. The molecule has 5 rings (SSSR count). The Morgan fingerprint density at radius 3 is 1.96 bits per heavy atom. The molecule has 3 heterocycles. The second-order valence-electron chi connectivity index (χ2n) is 7.25. The number of halogens is 1. The lowest BCUT2D eigenvalue weighted by atomic mass is 9.78. The maximum absolute atomic E-state index is 12.6. The van der Waals surface area contributed by atoms with E-state index < -0.39 is 5.91 Å². The standard InChI is InChI=1S/C21H23N3O2.ClH/c22-20(25)17-3-1-14(2-4-17)15-5-7-18(8-6-15)23-21(26)19-13-24-11-9-16(19)10-12-24;/h1-8,16,19H,9-13H2,(H2,22,25)(H,23,26);1H/t19-;/m0./s1. The molecule has 1 atom stereocenters. The summed E-state index contributed by atoms with van der Waals surface area (Å²) < 4.78 is 0. The fraction of sp³-hybridized carbons (Fsp3) is 0.333. The van der Waals surface area contributed by atoms with Crippen molar-refractivity contribution in [3.8, 4) is 11.1 Å². The number of amides is 2. The van der Waals surface area contributed by atoms with Gasteiger partial charge in [-0.15, -0.1) is 12.4 Å². The molecule has 0 radical (unpaired) electrons. The van der Waals surface area contributed by atoms with Gasteiger partial charge in [-0.25, -0.2) is 0 Å². The lowest BCUT2D eigenvalue weighted by Crippen LogP contribution is -2.51. The normalized spacial score (nSPS) is 23.3. The summed E-state index contributed by atoms with van der Waals surface area (Å²) in [4.78, 5) is 26.2. The molecule has 142 valence electrons. The van der Waals surface area contributed by atoms with Crippen LogP contribution < -0.4 is 11.1 Å². The van der Waals surface area contributed by atoms with Gasteiger partial charge in [-0.2, -0.15) is 0 Å². The van der Waals surface area contributed by atoms with Gasteiger partial charge >= 0.3 is 0 Å². The quantitative estimate of drug-likeness (QED) is 0.848. The minimum atomic E-state index is -0.428. The number of primary amides is 1. The molecular weight excluding hydrogens is 362 g/mol. The van der Waals surface area contributed by atoms with E-state index in [0.717, 1.165) is 49.3 Å². The van der Waals surface area contributed by atoms with Crippen LogP contribution in [0.2, 0.25) is 0 Å². The van der Waals surface area contributed by atoms with E-state index in [2.05, 4.69) is 10.2 Å². The molecule has 6 heteroatoms. The van der Waals surface area contributed by atoms with Gasteiger partial charge < -0.3 is 16.0 Å². The number of benzene rings is 2. The van der Waals surface area contributed by atoms with Gasteiger partial charge in [-0.05, 0) is 67.2 Å². The van der Waals surface area contributed by atoms with E-state index in [1.54, 1.807) is 12.1 Å². The number of anilines is 1. The van der Waals surface area contributed by atoms with Crippen molar-refractivity contribution in [3.63, 3.8) is 0 Å². The highest BCUT2D eigenvalue weighted by atomic mass is 35.5. The highest BCUT2D eigenvalue weighted by Crippen LogP contribution is 2.33. The maximum atomic E-state index is 12.6. The average Bonchev–Trinajstić information content (AvgIpc) is 2.69. The van der Waals surface area contributed by atoms with Crippen LogP contribution in [-0.4, -0.2) is 36.3 Å². The summed E-state index contributed by atoms with van der Waals surface area (Å²) in [5.41, 5.74) is 8.62. The Morgan fingerprint density at radius 1 is 0.926 bits per heavy atom. The SMILES string of the molecule is Cl.NC(=O)c1ccc(-c2ccc(NC(=O)[C@H]3CN4CCC3CC4)cc2)cc1. The number of rotatable bonds is 4. The molecule has 2 aromatic rings. The molecule has 27 heavy (non-hydrogen) atoms. The Labute approximate surface area is 165 Å². The Bertz CT molecular complexity index is 812. The maximum Gasteiger partial charge on any atom is 0.248 e. The Kier molecular flexibility index (Phi) is 5.82. The molecule has 0 aliphatic carbocycles. The van der Waals surface area contributed by atoms with Gasteiger partial charge in [-0.1, -0.05) is 24.3 Å². The van der Waals surface area contributed by atoms with Crippen molar-refractivity contribution >= 4 is 29.9 Å². The molecular formula is C21H24ClN3O2. The first-order chi connectivity index (χ1) is 12.6. The molecule has 2 bridgehead atoms. The van der Waals surface area contributed by atoms with Crippen LogP contribution >= 0.6 is 12.4 Å². The van der Waals surface area contributed by atoms with Gasteiger partial charge in [0.25, 0.3) is 0 Å². The summed E-state index contributed by atoms with van der Waals surface area (Å²) in [6.45, 7) is 3.16. The molecule has 0 saturated carbocycles. The number of nitrogens with one attached hydrogen (secondary N) is 1. The molecule has 0 aromatic heterocycles. The van der Waals surface area contributed by atoms with Crippen molar-refractivity contribution in [3.05, 3.63) is 54.1 Å². The van der Waals surface area contributed by atoms with E-state index in [-0.39, 0.29) is 24.2 Å². The van der Waals surface area contributed by atoms with Crippen LogP contribution in [0.3, 0.4) is 0 Å². The molecule has 0 spiro atoms. The van der Waals surface area contributed by atoms with Crippen LogP contribution in [-0.2, 0) is 4.79 Å². The van der Waals surface area contributed by atoms with Gasteiger partial charge in [0.05, 0.1) is 5.92 Å². The largest absolute Gasteiger partial charge is 0.366 e. The van der Waals surface area contributed by atoms with Gasteiger partial charge in [0, 0.05) is 17.8 Å². The number of carbonyl (C=O) groups excluding carboxylic acids is 2. The Balaban J connectivity index is 0.00000210. The Morgan fingerprint density at radius 2 is 1.48 bits per heavy atom. The van der Waals surface area contributed by atoms with Crippen molar-refractivity contribution in [2.24, 2.45) is 17.6 Å². The van der Waals surface area contributed by atoms with Crippen LogP contribution in [0, 0.1) is 11.8 Å². The first-order valence-corrected chi connectivity index (χ1v) is 9.14. The highest BCUT2D eigenvalue weighted by Gasteiger charge is 2.38. The van der Waals surface area contributed by atoms with Crippen molar-refractivity contribution in [2.45, 2.75) is 12.8 Å². The summed E-state index contributed by atoms with van der Waals surface area (Å²) >= 11 is 0. The molecule has 0 unspecified atom stereocenters. The van der Waals surface area contributed by atoms with Gasteiger partial charge in [0.1, 0.15) is 0 Å². The summed E-state index contributed by atoms with van der Waals surface area (Å²) in [5.74, 6) is 0.349. The lowest BCUT2D eigenvalue weighted by molar-refractivity contribution is -0.125. The van der Waals surface area contributed by atoms with E-state index >= 15 is 0 Å². The predicted molar refractivity (Wildman–Crippen MR) is 109 cm³/mol. The minimum absolute atomic E-state index is 0. The first-order valence-electron chi connectivity index (χ1n) is 9.14. The monoisotopic (exact) mass is 385 g/mol. The topological polar surface area (TPSA) is 75.4 Å². The van der Waals surface area contributed by atoms with Gasteiger partial charge in [0.15, 0.2) is 0 Å². The molecule has 2 aromatic carbocycles. The van der Waals surface area contributed by atoms with E-state index in [0.29, 0.717) is 11.5 Å². The summed E-state index contributed by atoms with van der Waals surface area (Å²) in [5, 5.41) is 3.07. The third-order valence-electron chi connectivity index (χ3n) is 5.65. The van der Waals surface area contributed by atoms with Crippen molar-refractivity contribution in [1.29, 1.82) is 0 Å². The van der Waals surface area contributed by atoms with E-state index in [1.807, 2.05) is 36.4 Å². The zero-order valence-corrected chi connectivity index (χ0v) is 15.9. The van der Waals surface area contributed by atoms with Gasteiger partial charge in [0.2, 0.25) is 11.8 Å². The number of piperidine rings is 3. The van der Waals surface area contributed by atoms with Crippen molar-refractivity contribution < 1.29 is 9.59 Å². The van der Waals surface area contributed by atoms with E-state index in [1.165, 1.54) is 0 Å². The molecule has 3 saturated heterocycles. The number of fused-ring (bicyclic) bond motifs is 3. The molecule has 3 aliphatic rings. The van der Waals surface area contributed by atoms with Crippen molar-refractivity contribution in [1.82, 2.24) is 4.90 Å². The minimum Gasteiger partial charge on any atom is -0.366 e. The van der Waals surface area contributed by atoms with Crippen LogP contribution in [0.25, 0.3) is 11.1 Å². The predicted octanol–water partition coefficient (Wildman–Crippen LogP) is 3.15. The average molecular weight is 386 g/mol. The smallest absolute Gasteiger partial charge is 0.248 e. The second kappa shape index (κ2) is 8.11. The zero-order valence-electron chi connectivity index (χ0n) is 15.1. The third kappa shape index (κ3) is 4.15.